The molecule has 0 saturated carbocycles. The van der Waals surface area contributed by atoms with Crippen molar-refractivity contribution in [3.8, 4) is 44.5 Å². The molecule has 0 radical (unpaired) electrons. The third-order valence-corrected chi connectivity index (χ3v) is 13.0. The van der Waals surface area contributed by atoms with Crippen molar-refractivity contribution in [3.05, 3.63) is 221 Å². The van der Waals surface area contributed by atoms with Gasteiger partial charge in [-0.2, -0.15) is 0 Å². The van der Waals surface area contributed by atoms with Gasteiger partial charge < -0.3 is 5.73 Å². The highest BCUT2D eigenvalue weighted by Crippen LogP contribution is 2.54. The first-order valence-electron chi connectivity index (χ1n) is 20.6. The molecule has 0 amide bonds. The Bertz CT molecular complexity index is 2890. The molecule has 58 heavy (non-hydrogen) atoms. The second-order valence-electron chi connectivity index (χ2n) is 17.1. The molecular formula is C56H48N2. The molecule has 0 aromatic heterocycles. The van der Waals surface area contributed by atoms with Crippen molar-refractivity contribution >= 4 is 16.8 Å². The van der Waals surface area contributed by atoms with Crippen LogP contribution in [0.3, 0.4) is 0 Å². The Morgan fingerprint density at radius 3 is 1.71 bits per heavy atom. The molecule has 0 spiro atoms. The zero-order valence-corrected chi connectivity index (χ0v) is 33.6. The molecule has 2 heteroatoms. The van der Waals surface area contributed by atoms with Crippen molar-refractivity contribution in [2.24, 2.45) is 5.73 Å². The number of rotatable bonds is 8. The maximum absolute atomic E-state index is 7.03. The van der Waals surface area contributed by atoms with Gasteiger partial charge in [0.15, 0.2) is 0 Å². The second-order valence-corrected chi connectivity index (χ2v) is 17.1. The van der Waals surface area contributed by atoms with Crippen molar-refractivity contribution < 1.29 is 0 Å². The lowest BCUT2D eigenvalue weighted by Crippen LogP contribution is -2.31. The standard InChI is InChI=1S/C56H48N2/c1-55(2)47-29-15-14-26-45(47)52-44(28-17-30-48(52)55)41-24-12-13-25-42(41)51(58-54(57)37-19-6-5-7-20-37)33-32-36-18-10-11-23-40(36)43-27-16-31-49-53(43)46-34-38-21-8-9-22-39(38)35-50(46)56(49,3)4/h5-35,51,54,58H,57H2,1-4H3/b33-32+. The zero-order chi connectivity index (χ0) is 39.6. The predicted molar refractivity (Wildman–Crippen MR) is 245 cm³/mol. The van der Waals surface area contributed by atoms with Crippen molar-refractivity contribution in [3.63, 3.8) is 0 Å². The molecule has 8 aromatic carbocycles. The van der Waals surface area contributed by atoms with E-state index in [4.69, 9.17) is 5.73 Å². The predicted octanol–water partition coefficient (Wildman–Crippen LogP) is 13.8. The highest BCUT2D eigenvalue weighted by atomic mass is 15.0. The van der Waals surface area contributed by atoms with E-state index in [1.165, 1.54) is 83.1 Å². The van der Waals surface area contributed by atoms with Crippen LogP contribution in [0.5, 0.6) is 0 Å². The molecule has 0 fully saturated rings. The molecule has 282 valence electrons. The molecule has 0 aliphatic heterocycles. The minimum Gasteiger partial charge on any atom is -0.312 e. The Morgan fingerprint density at radius 2 is 0.966 bits per heavy atom. The van der Waals surface area contributed by atoms with Gasteiger partial charge in [-0.3, -0.25) is 5.32 Å². The summed E-state index contributed by atoms with van der Waals surface area (Å²) in [5, 5.41) is 6.42. The van der Waals surface area contributed by atoms with E-state index in [1.807, 2.05) is 6.07 Å². The summed E-state index contributed by atoms with van der Waals surface area (Å²) in [6, 6.07) is 64.0. The summed E-state index contributed by atoms with van der Waals surface area (Å²) in [6.07, 6.45) is 4.23. The Kier molecular flexibility index (Phi) is 8.67. The van der Waals surface area contributed by atoms with Crippen LogP contribution in [0.4, 0.5) is 0 Å². The molecule has 0 bridgehead atoms. The van der Waals surface area contributed by atoms with E-state index in [-0.39, 0.29) is 23.0 Å². The van der Waals surface area contributed by atoms with E-state index >= 15 is 0 Å². The molecule has 0 heterocycles. The molecule has 0 saturated heterocycles. The molecule has 10 rings (SSSR count). The maximum Gasteiger partial charge on any atom is 0.0817 e. The Labute approximate surface area is 342 Å². The van der Waals surface area contributed by atoms with Gasteiger partial charge in [0.1, 0.15) is 0 Å². The van der Waals surface area contributed by atoms with E-state index < -0.39 is 0 Å². The fourth-order valence-corrected chi connectivity index (χ4v) is 9.98. The molecule has 8 aromatic rings. The van der Waals surface area contributed by atoms with Crippen LogP contribution in [0.1, 0.15) is 78.8 Å². The number of hydrogen-bond donors (Lipinski definition) is 2. The van der Waals surface area contributed by atoms with Crippen LogP contribution in [-0.4, -0.2) is 0 Å². The van der Waals surface area contributed by atoms with Crippen molar-refractivity contribution in [1.82, 2.24) is 5.32 Å². The van der Waals surface area contributed by atoms with E-state index in [2.05, 4.69) is 215 Å². The molecule has 3 N–H and O–H groups in total. The largest absolute Gasteiger partial charge is 0.312 e. The summed E-state index contributed by atoms with van der Waals surface area (Å²) < 4.78 is 0. The summed E-state index contributed by atoms with van der Waals surface area (Å²) in [4.78, 5) is 0. The van der Waals surface area contributed by atoms with Crippen LogP contribution in [0, 0.1) is 0 Å². The number of nitrogens with one attached hydrogen (secondary N) is 1. The first kappa shape index (κ1) is 36.0. The van der Waals surface area contributed by atoms with Gasteiger partial charge in [-0.1, -0.05) is 204 Å². The monoisotopic (exact) mass is 748 g/mol. The van der Waals surface area contributed by atoms with E-state index in [0.717, 1.165) is 11.1 Å². The first-order chi connectivity index (χ1) is 28.2. The Hall–Kier alpha value is -6.32. The summed E-state index contributed by atoms with van der Waals surface area (Å²) in [5.41, 5.74) is 25.9. The fraction of sp³-hybridized carbons (Fsp3) is 0.143. The minimum absolute atomic E-state index is 0.0890. The minimum atomic E-state index is -0.383. The van der Waals surface area contributed by atoms with Crippen LogP contribution >= 0.6 is 0 Å². The Morgan fingerprint density at radius 1 is 0.448 bits per heavy atom. The highest BCUT2D eigenvalue weighted by Gasteiger charge is 2.38. The van der Waals surface area contributed by atoms with Crippen LogP contribution in [0.2, 0.25) is 0 Å². The van der Waals surface area contributed by atoms with Gasteiger partial charge in [-0.05, 0) is 106 Å². The van der Waals surface area contributed by atoms with Gasteiger partial charge in [0.2, 0.25) is 0 Å². The highest BCUT2D eigenvalue weighted by molar-refractivity contribution is 6.00. The molecule has 2 atom stereocenters. The molecule has 2 aliphatic rings. The summed E-state index contributed by atoms with van der Waals surface area (Å²) in [5.74, 6) is 0. The third-order valence-electron chi connectivity index (χ3n) is 13.0. The lowest BCUT2D eigenvalue weighted by Gasteiger charge is -2.25. The van der Waals surface area contributed by atoms with Crippen LogP contribution < -0.4 is 11.1 Å². The molecular weight excluding hydrogens is 701 g/mol. The SMILES string of the molecule is CC1(C)c2cc3ccccc3cc2-c2c(-c3ccccc3/C=C/C(NC(N)c3ccccc3)c3ccccc3-c3cccc4c3-c3ccccc3C4(C)C)cccc21. The topological polar surface area (TPSA) is 38.0 Å². The van der Waals surface area contributed by atoms with E-state index in [0.29, 0.717) is 0 Å². The van der Waals surface area contributed by atoms with Crippen LogP contribution in [-0.2, 0) is 10.8 Å². The van der Waals surface area contributed by atoms with Gasteiger partial charge in [0.25, 0.3) is 0 Å². The summed E-state index contributed by atoms with van der Waals surface area (Å²) in [7, 11) is 0. The van der Waals surface area contributed by atoms with Crippen molar-refractivity contribution in [2.45, 2.75) is 50.7 Å². The van der Waals surface area contributed by atoms with Gasteiger partial charge in [-0.15, -0.1) is 0 Å². The van der Waals surface area contributed by atoms with E-state index in [1.54, 1.807) is 0 Å². The van der Waals surface area contributed by atoms with Crippen LogP contribution in [0.25, 0.3) is 61.4 Å². The second kappa shape index (κ2) is 14.0. The molecule has 2 nitrogen and oxygen atoms in total. The number of fused-ring (bicyclic) bond motifs is 7. The molecule has 2 unspecified atom stereocenters. The number of nitrogens with two attached hydrogens (primary N) is 1. The van der Waals surface area contributed by atoms with Gasteiger partial charge in [-0.25, -0.2) is 0 Å². The summed E-state index contributed by atoms with van der Waals surface area (Å²) in [6.45, 7) is 9.43. The normalized spacial score (nSPS) is 15.5. The average molecular weight is 749 g/mol. The first-order valence-corrected chi connectivity index (χ1v) is 20.6. The lowest BCUT2D eigenvalue weighted by molar-refractivity contribution is 0.510. The van der Waals surface area contributed by atoms with Gasteiger partial charge in [0.05, 0.1) is 12.2 Å². The van der Waals surface area contributed by atoms with Crippen LogP contribution in [0.15, 0.2) is 182 Å². The smallest absolute Gasteiger partial charge is 0.0817 e. The van der Waals surface area contributed by atoms with E-state index in [9.17, 15) is 0 Å². The van der Waals surface area contributed by atoms with Crippen molar-refractivity contribution in [2.75, 3.05) is 0 Å². The maximum atomic E-state index is 7.03. The Balaban J connectivity index is 1.11. The fourth-order valence-electron chi connectivity index (χ4n) is 9.98. The lowest BCUT2D eigenvalue weighted by atomic mass is 9.81. The number of benzene rings is 8. The van der Waals surface area contributed by atoms with Gasteiger partial charge >= 0.3 is 0 Å². The third kappa shape index (κ3) is 5.78. The molecule has 2 aliphatic carbocycles. The average Bonchev–Trinajstić information content (AvgIpc) is 3.64. The zero-order valence-electron chi connectivity index (χ0n) is 33.6. The van der Waals surface area contributed by atoms with Gasteiger partial charge in [0, 0.05) is 10.8 Å². The quantitative estimate of drug-likeness (QED) is 0.152. The van der Waals surface area contributed by atoms with Crippen molar-refractivity contribution in [1.29, 1.82) is 0 Å². The number of hydrogen-bond acceptors (Lipinski definition) is 2. The summed E-state index contributed by atoms with van der Waals surface area (Å²) >= 11 is 0.